The van der Waals surface area contributed by atoms with E-state index >= 15 is 0 Å². The Hall–Kier alpha value is -5.81. The van der Waals surface area contributed by atoms with E-state index in [2.05, 4.69) is 47.4 Å². The second kappa shape index (κ2) is 8.85. The summed E-state index contributed by atoms with van der Waals surface area (Å²) in [5, 5.41) is 4.03. The van der Waals surface area contributed by atoms with Crippen LogP contribution >= 0.6 is 0 Å². The van der Waals surface area contributed by atoms with Gasteiger partial charge in [-0.2, -0.15) is 0 Å². The van der Waals surface area contributed by atoms with Crippen LogP contribution in [0.25, 0.3) is 66.4 Å². The van der Waals surface area contributed by atoms with Gasteiger partial charge in [0, 0.05) is 33.1 Å². The highest BCUT2D eigenvalue weighted by atomic mass is 16.4. The molecule has 5 heteroatoms. The largest absolute Gasteiger partial charge is 0.456 e. The molecule has 3 aromatic heterocycles. The minimum absolute atomic E-state index is 0.576. The van der Waals surface area contributed by atoms with Gasteiger partial charge in [0.25, 0.3) is 0 Å². The van der Waals surface area contributed by atoms with Crippen molar-refractivity contribution in [1.82, 2.24) is 4.98 Å². The Kier molecular flexibility index (Phi) is 4.83. The van der Waals surface area contributed by atoms with Gasteiger partial charge < -0.3 is 18.2 Å². The van der Waals surface area contributed by atoms with Crippen molar-refractivity contribution >= 4 is 72.0 Å². The lowest BCUT2D eigenvalue weighted by Gasteiger charge is -2.25. The Bertz CT molecular complexity index is 2420. The molecule has 0 saturated carbocycles. The molecule has 0 amide bonds. The van der Waals surface area contributed by atoms with Crippen LogP contribution in [-0.4, -0.2) is 4.98 Å². The van der Waals surface area contributed by atoms with Crippen LogP contribution in [0.5, 0.6) is 0 Å². The van der Waals surface area contributed by atoms with Gasteiger partial charge in [-0.05, 0) is 60.7 Å². The van der Waals surface area contributed by atoms with E-state index in [1.807, 2.05) is 91.0 Å². The highest BCUT2D eigenvalue weighted by Gasteiger charge is 2.25. The van der Waals surface area contributed by atoms with E-state index in [9.17, 15) is 0 Å². The van der Waals surface area contributed by atoms with Crippen LogP contribution in [-0.2, 0) is 0 Å². The summed E-state index contributed by atoms with van der Waals surface area (Å²) >= 11 is 0. The number of benzene rings is 6. The summed E-state index contributed by atoms with van der Waals surface area (Å²) in [5.41, 5.74) is 8.50. The zero-order valence-electron chi connectivity index (χ0n) is 22.3. The number of oxazole rings is 1. The average Bonchev–Trinajstić information content (AvgIpc) is 3.75. The molecule has 9 aromatic rings. The Morgan fingerprint density at radius 3 is 1.95 bits per heavy atom. The van der Waals surface area contributed by atoms with Crippen molar-refractivity contribution < 1.29 is 13.3 Å². The molecule has 3 heterocycles. The van der Waals surface area contributed by atoms with Crippen molar-refractivity contribution in [1.29, 1.82) is 0 Å². The minimum Gasteiger partial charge on any atom is -0.456 e. The number of fused-ring (bicyclic) bond motifs is 8. The first-order valence-electron chi connectivity index (χ1n) is 13.9. The van der Waals surface area contributed by atoms with Crippen LogP contribution in [0.4, 0.5) is 17.1 Å². The second-order valence-corrected chi connectivity index (χ2v) is 10.4. The summed E-state index contributed by atoms with van der Waals surface area (Å²) in [6, 6.07) is 44.9. The molecule has 0 atom stereocenters. The number of hydrogen-bond donors (Lipinski definition) is 0. The van der Waals surface area contributed by atoms with Gasteiger partial charge in [-0.1, -0.05) is 72.8 Å². The summed E-state index contributed by atoms with van der Waals surface area (Å²) < 4.78 is 19.3. The topological polar surface area (TPSA) is 55.6 Å². The minimum atomic E-state index is 0.576. The van der Waals surface area contributed by atoms with Crippen molar-refractivity contribution in [3.63, 3.8) is 0 Å². The monoisotopic (exact) mass is 542 g/mol. The summed E-state index contributed by atoms with van der Waals surface area (Å²) in [4.78, 5) is 7.21. The number of para-hydroxylation sites is 3. The molecule has 0 bridgehead atoms. The number of hydrogen-bond acceptors (Lipinski definition) is 5. The molecule has 6 aromatic carbocycles. The van der Waals surface area contributed by atoms with Crippen molar-refractivity contribution in [3.05, 3.63) is 133 Å². The summed E-state index contributed by atoms with van der Waals surface area (Å²) in [6.07, 6.45) is 0. The second-order valence-electron chi connectivity index (χ2n) is 10.4. The lowest BCUT2D eigenvalue weighted by atomic mass is 10.1. The molecule has 0 aliphatic rings. The van der Waals surface area contributed by atoms with Gasteiger partial charge >= 0.3 is 0 Å². The van der Waals surface area contributed by atoms with Gasteiger partial charge in [-0.15, -0.1) is 0 Å². The highest BCUT2D eigenvalue weighted by molar-refractivity contribution is 6.21. The molecule has 9 rings (SSSR count). The first kappa shape index (κ1) is 22.9. The molecule has 0 fully saturated rings. The Balaban J connectivity index is 1.37. The average molecular weight is 543 g/mol. The molecule has 198 valence electrons. The lowest BCUT2D eigenvalue weighted by Crippen LogP contribution is -2.10. The van der Waals surface area contributed by atoms with Crippen LogP contribution in [0.3, 0.4) is 0 Å². The summed E-state index contributed by atoms with van der Waals surface area (Å²) in [5.74, 6) is 0.576. The molecule has 42 heavy (non-hydrogen) atoms. The normalized spacial score (nSPS) is 11.8. The molecule has 0 saturated heterocycles. The molecule has 0 spiro atoms. The predicted molar refractivity (Wildman–Crippen MR) is 169 cm³/mol. The SMILES string of the molecule is c1ccc(-c2nc3cc(N(c4ccccc4)c4ccc5oc6ccccc6c5c4)c4oc5ccccc5c4c3o2)cc1. The number of aromatic nitrogens is 1. The first-order valence-corrected chi connectivity index (χ1v) is 13.9. The third-order valence-corrected chi connectivity index (χ3v) is 7.88. The Labute approximate surface area is 239 Å². The maximum Gasteiger partial charge on any atom is 0.227 e. The van der Waals surface area contributed by atoms with Crippen LogP contribution in [0.2, 0.25) is 0 Å². The van der Waals surface area contributed by atoms with E-state index in [0.29, 0.717) is 11.5 Å². The predicted octanol–water partition coefficient (Wildman–Crippen LogP) is 10.8. The molecule has 0 unspecified atom stereocenters. The van der Waals surface area contributed by atoms with Crippen LogP contribution in [0.1, 0.15) is 0 Å². The summed E-state index contributed by atoms with van der Waals surface area (Å²) in [6.45, 7) is 0. The Morgan fingerprint density at radius 1 is 0.476 bits per heavy atom. The molecule has 0 aliphatic heterocycles. The zero-order valence-corrected chi connectivity index (χ0v) is 22.3. The number of anilines is 3. The molecule has 0 N–H and O–H groups in total. The van der Waals surface area contributed by atoms with E-state index in [1.165, 1.54) is 0 Å². The van der Waals surface area contributed by atoms with Gasteiger partial charge in [0.05, 0.1) is 11.1 Å². The first-order chi connectivity index (χ1) is 20.8. The van der Waals surface area contributed by atoms with E-state index in [0.717, 1.165) is 72.0 Å². The van der Waals surface area contributed by atoms with Crippen LogP contribution in [0, 0.1) is 0 Å². The van der Waals surface area contributed by atoms with Gasteiger partial charge in [-0.25, -0.2) is 4.98 Å². The van der Waals surface area contributed by atoms with Gasteiger partial charge in [0.1, 0.15) is 22.3 Å². The van der Waals surface area contributed by atoms with Gasteiger partial charge in [0.15, 0.2) is 11.2 Å². The number of furan rings is 2. The van der Waals surface area contributed by atoms with Crippen LogP contribution in [0.15, 0.2) is 147 Å². The van der Waals surface area contributed by atoms with Crippen molar-refractivity contribution in [2.24, 2.45) is 0 Å². The van der Waals surface area contributed by atoms with E-state index < -0.39 is 0 Å². The third kappa shape index (κ3) is 3.40. The molecular weight excluding hydrogens is 520 g/mol. The standard InChI is InChI=1S/C37H22N2O3/c1-3-11-23(12-4-1)37-38-29-22-30(36-34(35(29)42-37)27-16-8-10-18-32(27)41-36)39(24-13-5-2-6-14-24)25-19-20-33-28(21-25)26-15-7-9-17-31(26)40-33/h1-22H. The Morgan fingerprint density at radius 2 is 1.14 bits per heavy atom. The fourth-order valence-electron chi connectivity index (χ4n) is 5.98. The number of nitrogens with zero attached hydrogens (tertiary/aromatic N) is 2. The van der Waals surface area contributed by atoms with E-state index in [4.69, 9.17) is 18.2 Å². The van der Waals surface area contributed by atoms with E-state index in [-0.39, 0.29) is 0 Å². The zero-order chi connectivity index (χ0) is 27.6. The van der Waals surface area contributed by atoms with Gasteiger partial charge in [0.2, 0.25) is 5.89 Å². The maximum atomic E-state index is 6.63. The maximum absolute atomic E-state index is 6.63. The lowest BCUT2D eigenvalue weighted by molar-refractivity contribution is 0.622. The van der Waals surface area contributed by atoms with Gasteiger partial charge in [-0.3, -0.25) is 0 Å². The van der Waals surface area contributed by atoms with E-state index in [1.54, 1.807) is 0 Å². The van der Waals surface area contributed by atoms with Crippen molar-refractivity contribution in [3.8, 4) is 11.5 Å². The molecule has 0 radical (unpaired) electrons. The van der Waals surface area contributed by atoms with Crippen molar-refractivity contribution in [2.75, 3.05) is 4.90 Å². The molecule has 5 nitrogen and oxygen atoms in total. The quantitative estimate of drug-likeness (QED) is 0.221. The highest BCUT2D eigenvalue weighted by Crippen LogP contribution is 2.47. The smallest absolute Gasteiger partial charge is 0.227 e. The van der Waals surface area contributed by atoms with Crippen molar-refractivity contribution in [2.45, 2.75) is 0 Å². The molecular formula is C37H22N2O3. The fraction of sp³-hybridized carbons (Fsp3) is 0. The molecule has 0 aliphatic carbocycles. The fourth-order valence-corrected chi connectivity index (χ4v) is 5.98. The number of rotatable bonds is 4. The van der Waals surface area contributed by atoms with Crippen LogP contribution < -0.4 is 4.90 Å². The summed E-state index contributed by atoms with van der Waals surface area (Å²) in [7, 11) is 0. The third-order valence-electron chi connectivity index (χ3n) is 7.88.